The zero-order chi connectivity index (χ0) is 18.2. The van der Waals surface area contributed by atoms with E-state index in [0.717, 1.165) is 16.7 Å². The van der Waals surface area contributed by atoms with Crippen LogP contribution in [0.15, 0.2) is 29.2 Å². The molecule has 0 atom stereocenters. The standard InChI is InChI=1S/C18H24N4O3/c1-18(2,3)25-17(24)22-10-8-21(9-11-22)14-12-15(23)20(4)13-6-5-7-19-16(13)14/h5-7,12H,8-11H2,1-4H3. The highest BCUT2D eigenvalue weighted by Crippen LogP contribution is 2.24. The summed E-state index contributed by atoms with van der Waals surface area (Å²) < 4.78 is 7.03. The van der Waals surface area contributed by atoms with Crippen molar-refractivity contribution in [2.45, 2.75) is 26.4 Å². The van der Waals surface area contributed by atoms with E-state index in [0.29, 0.717) is 26.2 Å². The third-order valence-electron chi connectivity index (χ3n) is 4.25. The second kappa shape index (κ2) is 6.38. The van der Waals surface area contributed by atoms with Gasteiger partial charge in [-0.1, -0.05) is 0 Å². The Labute approximate surface area is 146 Å². The highest BCUT2D eigenvalue weighted by molar-refractivity contribution is 5.88. The molecule has 0 spiro atoms. The number of piperazine rings is 1. The number of carbonyl (C=O) groups excluding carboxylic acids is 1. The molecule has 0 bridgehead atoms. The molecule has 7 heteroatoms. The van der Waals surface area contributed by atoms with Crippen LogP contribution in [0, 0.1) is 0 Å². The van der Waals surface area contributed by atoms with E-state index in [4.69, 9.17) is 4.74 Å². The summed E-state index contributed by atoms with van der Waals surface area (Å²) in [6.07, 6.45) is 1.44. The highest BCUT2D eigenvalue weighted by atomic mass is 16.6. The van der Waals surface area contributed by atoms with E-state index < -0.39 is 5.60 Å². The third kappa shape index (κ3) is 3.60. The molecule has 7 nitrogen and oxygen atoms in total. The number of fused-ring (bicyclic) bond motifs is 1. The molecule has 134 valence electrons. The second-order valence-corrected chi connectivity index (χ2v) is 7.25. The second-order valence-electron chi connectivity index (χ2n) is 7.25. The van der Waals surface area contributed by atoms with Gasteiger partial charge in [-0.05, 0) is 32.9 Å². The molecule has 25 heavy (non-hydrogen) atoms. The number of nitrogens with zero attached hydrogens (tertiary/aromatic N) is 4. The van der Waals surface area contributed by atoms with Crippen LogP contribution in [0.2, 0.25) is 0 Å². The number of carbonyl (C=O) groups is 1. The van der Waals surface area contributed by atoms with Crippen molar-refractivity contribution >= 4 is 22.8 Å². The van der Waals surface area contributed by atoms with E-state index in [2.05, 4.69) is 9.88 Å². The van der Waals surface area contributed by atoms with E-state index in [1.165, 1.54) is 0 Å². The Kier molecular flexibility index (Phi) is 4.41. The summed E-state index contributed by atoms with van der Waals surface area (Å²) in [5.74, 6) is 0. The van der Waals surface area contributed by atoms with Crippen LogP contribution in [-0.4, -0.2) is 52.3 Å². The average Bonchev–Trinajstić information content (AvgIpc) is 2.57. The van der Waals surface area contributed by atoms with Crippen molar-refractivity contribution in [1.29, 1.82) is 0 Å². The summed E-state index contributed by atoms with van der Waals surface area (Å²) in [4.78, 5) is 32.7. The maximum atomic E-state index is 12.2. The fraction of sp³-hybridized carbons (Fsp3) is 0.500. The van der Waals surface area contributed by atoms with E-state index in [1.807, 2.05) is 32.9 Å². The molecule has 2 aromatic rings. The first-order valence-corrected chi connectivity index (χ1v) is 8.44. The molecule has 0 radical (unpaired) electrons. The number of hydrogen-bond donors (Lipinski definition) is 0. The lowest BCUT2D eigenvalue weighted by Gasteiger charge is -2.37. The summed E-state index contributed by atoms with van der Waals surface area (Å²) in [5, 5.41) is 0. The summed E-state index contributed by atoms with van der Waals surface area (Å²) in [6, 6.07) is 5.34. The molecule has 1 fully saturated rings. The third-order valence-corrected chi connectivity index (χ3v) is 4.25. The van der Waals surface area contributed by atoms with E-state index in [-0.39, 0.29) is 11.7 Å². The Hall–Kier alpha value is -2.57. The van der Waals surface area contributed by atoms with Gasteiger partial charge >= 0.3 is 6.09 Å². The van der Waals surface area contributed by atoms with Gasteiger partial charge in [0.1, 0.15) is 11.1 Å². The summed E-state index contributed by atoms with van der Waals surface area (Å²) in [6.45, 7) is 7.96. The fourth-order valence-corrected chi connectivity index (χ4v) is 2.96. The van der Waals surface area contributed by atoms with Gasteiger partial charge in [0, 0.05) is 45.5 Å². The van der Waals surface area contributed by atoms with Crippen LogP contribution in [0.25, 0.3) is 11.0 Å². The van der Waals surface area contributed by atoms with E-state index >= 15 is 0 Å². The molecule has 1 saturated heterocycles. The number of hydrogen-bond acceptors (Lipinski definition) is 5. The highest BCUT2D eigenvalue weighted by Gasteiger charge is 2.27. The van der Waals surface area contributed by atoms with Gasteiger partial charge in [-0.2, -0.15) is 0 Å². The zero-order valence-corrected chi connectivity index (χ0v) is 15.2. The molecule has 1 amide bonds. The fourth-order valence-electron chi connectivity index (χ4n) is 2.96. The molecule has 0 aromatic carbocycles. The number of aromatic nitrogens is 2. The maximum Gasteiger partial charge on any atom is 0.410 e. The van der Waals surface area contributed by atoms with Gasteiger partial charge in [-0.25, -0.2) is 4.79 Å². The molecule has 1 aliphatic rings. The van der Waals surface area contributed by atoms with Crippen LogP contribution in [0.4, 0.5) is 10.5 Å². The summed E-state index contributed by atoms with van der Waals surface area (Å²) in [5.41, 5.74) is 1.86. The van der Waals surface area contributed by atoms with Gasteiger partial charge in [0.05, 0.1) is 11.2 Å². The number of rotatable bonds is 1. The Morgan fingerprint density at radius 2 is 1.88 bits per heavy atom. The van der Waals surface area contributed by atoms with Crippen LogP contribution in [-0.2, 0) is 11.8 Å². The van der Waals surface area contributed by atoms with Gasteiger partial charge in [0.2, 0.25) is 0 Å². The molecule has 0 N–H and O–H groups in total. The number of pyridine rings is 2. The molecule has 3 heterocycles. The minimum Gasteiger partial charge on any atom is -0.444 e. The zero-order valence-electron chi connectivity index (χ0n) is 15.2. The van der Waals surface area contributed by atoms with Crippen LogP contribution >= 0.6 is 0 Å². The largest absolute Gasteiger partial charge is 0.444 e. The quantitative estimate of drug-likeness (QED) is 0.791. The van der Waals surface area contributed by atoms with Crippen molar-refractivity contribution in [1.82, 2.24) is 14.5 Å². The van der Waals surface area contributed by atoms with Gasteiger partial charge in [-0.15, -0.1) is 0 Å². The maximum absolute atomic E-state index is 12.2. The molecule has 0 aliphatic carbocycles. The molecule has 0 unspecified atom stereocenters. The Morgan fingerprint density at radius 1 is 1.20 bits per heavy atom. The number of amides is 1. The van der Waals surface area contributed by atoms with Crippen LogP contribution in [0.5, 0.6) is 0 Å². The lowest BCUT2D eigenvalue weighted by Crippen LogP contribution is -2.50. The normalized spacial score (nSPS) is 15.5. The number of aryl methyl sites for hydroxylation is 1. The molecular weight excluding hydrogens is 320 g/mol. The average molecular weight is 344 g/mol. The first-order valence-electron chi connectivity index (χ1n) is 8.44. The topological polar surface area (TPSA) is 67.7 Å². The number of ether oxygens (including phenoxy) is 1. The van der Waals surface area contributed by atoms with Gasteiger partial charge in [0.15, 0.2) is 0 Å². The van der Waals surface area contributed by atoms with E-state index in [9.17, 15) is 9.59 Å². The monoisotopic (exact) mass is 344 g/mol. The molecular formula is C18H24N4O3. The molecule has 3 rings (SSSR count). The van der Waals surface area contributed by atoms with Crippen molar-refractivity contribution in [3.8, 4) is 0 Å². The number of anilines is 1. The minimum absolute atomic E-state index is 0.0647. The van der Waals surface area contributed by atoms with E-state index in [1.54, 1.807) is 28.8 Å². The SMILES string of the molecule is Cn1c(=O)cc(N2CCN(C(=O)OC(C)(C)C)CC2)c2ncccc21. The lowest BCUT2D eigenvalue weighted by molar-refractivity contribution is 0.0240. The van der Waals surface area contributed by atoms with Gasteiger partial charge in [-0.3, -0.25) is 9.78 Å². The van der Waals surface area contributed by atoms with Crippen LogP contribution < -0.4 is 10.5 Å². The molecule has 2 aromatic heterocycles. The lowest BCUT2D eigenvalue weighted by atomic mass is 10.2. The summed E-state index contributed by atoms with van der Waals surface area (Å²) in [7, 11) is 1.75. The Bertz CT molecular complexity index is 846. The Balaban J connectivity index is 1.80. The smallest absolute Gasteiger partial charge is 0.410 e. The first-order chi connectivity index (χ1) is 11.8. The first kappa shape index (κ1) is 17.3. The molecule has 1 aliphatic heterocycles. The predicted octanol–water partition coefficient (Wildman–Crippen LogP) is 1.99. The minimum atomic E-state index is -0.500. The van der Waals surface area contributed by atoms with Crippen molar-refractivity contribution < 1.29 is 9.53 Å². The van der Waals surface area contributed by atoms with Gasteiger partial charge < -0.3 is 19.1 Å². The van der Waals surface area contributed by atoms with Gasteiger partial charge in [0.25, 0.3) is 5.56 Å². The summed E-state index contributed by atoms with van der Waals surface area (Å²) >= 11 is 0. The van der Waals surface area contributed by atoms with Crippen molar-refractivity contribution in [3.05, 3.63) is 34.7 Å². The Morgan fingerprint density at radius 3 is 2.52 bits per heavy atom. The molecule has 0 saturated carbocycles. The van der Waals surface area contributed by atoms with Crippen molar-refractivity contribution in [2.24, 2.45) is 7.05 Å². The van der Waals surface area contributed by atoms with Crippen molar-refractivity contribution in [2.75, 3.05) is 31.1 Å². The predicted molar refractivity (Wildman–Crippen MR) is 97.0 cm³/mol. The van der Waals surface area contributed by atoms with Crippen LogP contribution in [0.3, 0.4) is 0 Å². The van der Waals surface area contributed by atoms with Crippen molar-refractivity contribution in [3.63, 3.8) is 0 Å². The van der Waals surface area contributed by atoms with Crippen LogP contribution in [0.1, 0.15) is 20.8 Å².